The Morgan fingerprint density at radius 1 is 1.30 bits per heavy atom. The van der Waals surface area contributed by atoms with Crippen LogP contribution in [0.4, 0.5) is 5.69 Å². The SMILES string of the molecule is C[C@@H](NCC(=O)Nc1ccc(Cl)cc1)c1cccnc1. The number of hydrogen-bond acceptors (Lipinski definition) is 3. The van der Waals surface area contributed by atoms with E-state index in [1.807, 2.05) is 19.1 Å². The standard InChI is InChI=1S/C15H16ClN3O/c1-11(12-3-2-8-17-9-12)18-10-15(20)19-14-6-4-13(16)5-7-14/h2-9,11,18H,10H2,1H3,(H,19,20)/t11-/m1/s1. The first-order chi connectivity index (χ1) is 9.65. The highest BCUT2D eigenvalue weighted by atomic mass is 35.5. The van der Waals surface area contributed by atoms with Crippen LogP contribution in [0.1, 0.15) is 18.5 Å². The van der Waals surface area contributed by atoms with Crippen molar-refractivity contribution in [2.24, 2.45) is 0 Å². The number of nitrogens with one attached hydrogen (secondary N) is 2. The molecule has 0 aliphatic heterocycles. The first-order valence-corrected chi connectivity index (χ1v) is 6.71. The second kappa shape index (κ2) is 7.03. The summed E-state index contributed by atoms with van der Waals surface area (Å²) >= 11 is 5.79. The quantitative estimate of drug-likeness (QED) is 0.889. The van der Waals surface area contributed by atoms with E-state index in [9.17, 15) is 4.79 Å². The maximum absolute atomic E-state index is 11.8. The summed E-state index contributed by atoms with van der Waals surface area (Å²) in [5, 5.41) is 6.60. The van der Waals surface area contributed by atoms with Gasteiger partial charge in [0.05, 0.1) is 6.54 Å². The second-order valence-corrected chi connectivity index (χ2v) is 4.88. The van der Waals surface area contributed by atoms with Crippen LogP contribution in [0.5, 0.6) is 0 Å². The van der Waals surface area contributed by atoms with Crippen LogP contribution in [0, 0.1) is 0 Å². The molecule has 0 bridgehead atoms. The fraction of sp³-hybridized carbons (Fsp3) is 0.200. The molecular weight excluding hydrogens is 274 g/mol. The number of carbonyl (C=O) groups is 1. The fourth-order valence-corrected chi connectivity index (χ4v) is 1.86. The van der Waals surface area contributed by atoms with Gasteiger partial charge in [0.25, 0.3) is 0 Å². The number of halogens is 1. The van der Waals surface area contributed by atoms with Crippen LogP contribution in [0.15, 0.2) is 48.8 Å². The van der Waals surface area contributed by atoms with Crippen LogP contribution in [-0.4, -0.2) is 17.4 Å². The van der Waals surface area contributed by atoms with Crippen molar-refractivity contribution in [1.82, 2.24) is 10.3 Å². The zero-order chi connectivity index (χ0) is 14.4. The highest BCUT2D eigenvalue weighted by Crippen LogP contribution is 2.13. The monoisotopic (exact) mass is 289 g/mol. The van der Waals surface area contributed by atoms with Gasteiger partial charge in [-0.05, 0) is 42.8 Å². The molecule has 2 rings (SSSR count). The van der Waals surface area contributed by atoms with Crippen molar-refractivity contribution in [1.29, 1.82) is 0 Å². The van der Waals surface area contributed by atoms with Crippen LogP contribution < -0.4 is 10.6 Å². The number of anilines is 1. The summed E-state index contributed by atoms with van der Waals surface area (Å²) in [6, 6.07) is 10.9. The van der Waals surface area contributed by atoms with Crippen LogP contribution >= 0.6 is 11.6 Å². The Labute approximate surface area is 123 Å². The summed E-state index contributed by atoms with van der Waals surface area (Å²) in [6.45, 7) is 2.23. The number of rotatable bonds is 5. The van der Waals surface area contributed by atoms with E-state index < -0.39 is 0 Å². The molecule has 0 aliphatic rings. The average Bonchev–Trinajstić information content (AvgIpc) is 2.48. The number of aromatic nitrogens is 1. The second-order valence-electron chi connectivity index (χ2n) is 4.44. The summed E-state index contributed by atoms with van der Waals surface area (Å²) in [7, 11) is 0. The minimum atomic E-state index is -0.0944. The molecular formula is C15H16ClN3O. The van der Waals surface area contributed by atoms with E-state index in [0.29, 0.717) is 5.02 Å². The van der Waals surface area contributed by atoms with Crippen molar-refractivity contribution < 1.29 is 4.79 Å². The first-order valence-electron chi connectivity index (χ1n) is 6.34. The Bertz CT molecular complexity index is 557. The van der Waals surface area contributed by atoms with Crippen LogP contribution in [0.3, 0.4) is 0 Å². The largest absolute Gasteiger partial charge is 0.325 e. The van der Waals surface area contributed by atoms with Gasteiger partial charge in [-0.15, -0.1) is 0 Å². The average molecular weight is 290 g/mol. The first kappa shape index (κ1) is 14.5. The van der Waals surface area contributed by atoms with Gasteiger partial charge in [-0.1, -0.05) is 17.7 Å². The van der Waals surface area contributed by atoms with Crippen LogP contribution in [0.25, 0.3) is 0 Å². The number of benzene rings is 1. The lowest BCUT2D eigenvalue weighted by Crippen LogP contribution is -2.30. The van der Waals surface area contributed by atoms with Crippen molar-refractivity contribution >= 4 is 23.2 Å². The smallest absolute Gasteiger partial charge is 0.238 e. The number of pyridine rings is 1. The van der Waals surface area contributed by atoms with Crippen molar-refractivity contribution in [3.05, 3.63) is 59.4 Å². The molecule has 1 atom stereocenters. The van der Waals surface area contributed by atoms with Gasteiger partial charge in [0.1, 0.15) is 0 Å². The van der Waals surface area contributed by atoms with Crippen LogP contribution in [-0.2, 0) is 4.79 Å². The zero-order valence-corrected chi connectivity index (χ0v) is 11.9. The minimum absolute atomic E-state index is 0.0691. The predicted molar refractivity (Wildman–Crippen MR) is 80.7 cm³/mol. The Hall–Kier alpha value is -1.91. The molecule has 0 saturated heterocycles. The number of carbonyl (C=O) groups excluding carboxylic acids is 1. The lowest BCUT2D eigenvalue weighted by atomic mass is 10.1. The molecule has 1 amide bonds. The summed E-state index contributed by atoms with van der Waals surface area (Å²) in [5.41, 5.74) is 1.78. The normalized spacial score (nSPS) is 11.9. The third-order valence-corrected chi connectivity index (χ3v) is 3.13. The molecule has 1 heterocycles. The summed E-state index contributed by atoms with van der Waals surface area (Å²) in [5.74, 6) is -0.0944. The van der Waals surface area contributed by atoms with Crippen molar-refractivity contribution in [2.45, 2.75) is 13.0 Å². The van der Waals surface area contributed by atoms with E-state index in [-0.39, 0.29) is 18.5 Å². The maximum Gasteiger partial charge on any atom is 0.238 e. The molecule has 0 radical (unpaired) electrons. The van der Waals surface area contributed by atoms with Gasteiger partial charge in [0.15, 0.2) is 0 Å². The lowest BCUT2D eigenvalue weighted by Gasteiger charge is -2.13. The number of nitrogens with zero attached hydrogens (tertiary/aromatic N) is 1. The lowest BCUT2D eigenvalue weighted by molar-refractivity contribution is -0.115. The molecule has 0 saturated carbocycles. The van der Waals surface area contributed by atoms with Gasteiger partial charge in [0.2, 0.25) is 5.91 Å². The summed E-state index contributed by atoms with van der Waals surface area (Å²) in [6.07, 6.45) is 3.51. The van der Waals surface area contributed by atoms with Gasteiger partial charge in [-0.2, -0.15) is 0 Å². The van der Waals surface area contributed by atoms with E-state index in [1.165, 1.54) is 0 Å². The Balaban J connectivity index is 1.82. The topological polar surface area (TPSA) is 54.0 Å². The molecule has 104 valence electrons. The van der Waals surface area contributed by atoms with Gasteiger partial charge in [-0.3, -0.25) is 9.78 Å². The van der Waals surface area contributed by atoms with E-state index in [1.54, 1.807) is 36.7 Å². The van der Waals surface area contributed by atoms with Gasteiger partial charge < -0.3 is 10.6 Å². The Morgan fingerprint density at radius 3 is 2.70 bits per heavy atom. The maximum atomic E-state index is 11.8. The summed E-state index contributed by atoms with van der Waals surface area (Å²) in [4.78, 5) is 15.9. The van der Waals surface area contributed by atoms with Crippen molar-refractivity contribution in [3.63, 3.8) is 0 Å². The molecule has 0 aliphatic carbocycles. The minimum Gasteiger partial charge on any atom is -0.325 e. The molecule has 0 fully saturated rings. The fourth-order valence-electron chi connectivity index (χ4n) is 1.73. The molecule has 4 nitrogen and oxygen atoms in total. The van der Waals surface area contributed by atoms with E-state index in [4.69, 9.17) is 11.6 Å². The highest BCUT2D eigenvalue weighted by Gasteiger charge is 2.07. The summed E-state index contributed by atoms with van der Waals surface area (Å²) < 4.78 is 0. The molecule has 2 aromatic rings. The predicted octanol–water partition coefficient (Wildman–Crippen LogP) is 3.02. The molecule has 0 unspecified atom stereocenters. The van der Waals surface area contributed by atoms with Gasteiger partial charge in [0, 0.05) is 29.1 Å². The Kier molecular flexibility index (Phi) is 5.09. The van der Waals surface area contributed by atoms with Crippen molar-refractivity contribution in [2.75, 3.05) is 11.9 Å². The van der Waals surface area contributed by atoms with E-state index in [2.05, 4.69) is 15.6 Å². The molecule has 0 spiro atoms. The highest BCUT2D eigenvalue weighted by molar-refractivity contribution is 6.30. The molecule has 1 aromatic carbocycles. The Morgan fingerprint density at radius 2 is 2.05 bits per heavy atom. The zero-order valence-electron chi connectivity index (χ0n) is 11.1. The van der Waals surface area contributed by atoms with Crippen molar-refractivity contribution in [3.8, 4) is 0 Å². The number of amides is 1. The molecule has 5 heteroatoms. The van der Waals surface area contributed by atoms with Gasteiger partial charge >= 0.3 is 0 Å². The third kappa shape index (κ3) is 4.33. The van der Waals surface area contributed by atoms with E-state index in [0.717, 1.165) is 11.3 Å². The molecule has 2 N–H and O–H groups in total. The van der Waals surface area contributed by atoms with E-state index >= 15 is 0 Å². The molecule has 1 aromatic heterocycles. The van der Waals surface area contributed by atoms with Crippen LogP contribution in [0.2, 0.25) is 5.02 Å². The molecule has 20 heavy (non-hydrogen) atoms. The third-order valence-electron chi connectivity index (χ3n) is 2.88. The van der Waals surface area contributed by atoms with Gasteiger partial charge in [-0.25, -0.2) is 0 Å². The number of hydrogen-bond donors (Lipinski definition) is 2.